The monoisotopic (exact) mass is 443 g/mol. The van der Waals surface area contributed by atoms with E-state index in [0.29, 0.717) is 12.0 Å². The van der Waals surface area contributed by atoms with Crippen molar-refractivity contribution in [3.05, 3.63) is 41.6 Å². The first-order chi connectivity index (χ1) is 14.1. The Balaban J connectivity index is 1.59. The van der Waals surface area contributed by atoms with Crippen molar-refractivity contribution in [3.8, 4) is 0 Å². The van der Waals surface area contributed by atoms with Crippen LogP contribution in [-0.2, 0) is 16.2 Å². The van der Waals surface area contributed by atoms with E-state index in [-0.39, 0.29) is 13.1 Å². The predicted molar refractivity (Wildman–Crippen MR) is 108 cm³/mol. The number of nitrogens with one attached hydrogen (secondary N) is 2. The molecule has 3 rings (SSSR count). The molecule has 7 nitrogen and oxygen atoms in total. The summed E-state index contributed by atoms with van der Waals surface area (Å²) in [5, 5.41) is 2.97. The third-order valence-corrected chi connectivity index (χ3v) is 6.15. The van der Waals surface area contributed by atoms with E-state index in [0.717, 1.165) is 55.6 Å². The molecule has 11 heteroatoms. The zero-order chi connectivity index (χ0) is 21.8. The molecule has 2 aromatic rings. The van der Waals surface area contributed by atoms with Gasteiger partial charge in [0.1, 0.15) is 5.82 Å². The lowest BCUT2D eigenvalue weighted by atomic mass is 10.1. The summed E-state index contributed by atoms with van der Waals surface area (Å²) in [6.07, 6.45) is -1.17. The Bertz CT molecular complexity index is 976. The van der Waals surface area contributed by atoms with Crippen molar-refractivity contribution in [2.45, 2.75) is 37.3 Å². The number of sulfonamides is 1. The topological polar surface area (TPSA) is 87.2 Å². The average Bonchev–Trinajstić information content (AvgIpc) is 2.71. The molecule has 1 aliphatic rings. The number of alkyl halides is 3. The minimum Gasteiger partial charge on any atom is -0.356 e. The molecule has 0 aliphatic carbocycles. The SMILES string of the molecule is Cc1cc(N2CCCCC2)nc(NCCNS(=O)(=O)c2cccc(C(F)(F)F)c2)n1. The van der Waals surface area contributed by atoms with Gasteiger partial charge in [0, 0.05) is 37.9 Å². The van der Waals surface area contributed by atoms with E-state index in [1.165, 1.54) is 6.42 Å². The van der Waals surface area contributed by atoms with Crippen LogP contribution in [0.1, 0.15) is 30.5 Å². The summed E-state index contributed by atoms with van der Waals surface area (Å²) in [5.74, 6) is 1.21. The zero-order valence-electron chi connectivity index (χ0n) is 16.5. The highest BCUT2D eigenvalue weighted by molar-refractivity contribution is 7.89. The van der Waals surface area contributed by atoms with Gasteiger partial charge in [-0.1, -0.05) is 6.07 Å². The highest BCUT2D eigenvalue weighted by Gasteiger charge is 2.31. The number of nitrogens with zero attached hydrogens (tertiary/aromatic N) is 3. The molecule has 1 fully saturated rings. The molecule has 30 heavy (non-hydrogen) atoms. The third-order valence-electron chi connectivity index (χ3n) is 4.69. The van der Waals surface area contributed by atoms with Crippen molar-refractivity contribution in [1.82, 2.24) is 14.7 Å². The van der Waals surface area contributed by atoms with Crippen LogP contribution < -0.4 is 14.9 Å². The van der Waals surface area contributed by atoms with E-state index < -0.39 is 26.7 Å². The summed E-state index contributed by atoms with van der Waals surface area (Å²) in [4.78, 5) is 10.6. The fraction of sp³-hybridized carbons (Fsp3) is 0.474. The average molecular weight is 443 g/mol. The molecular formula is C19H24F3N5O2S. The molecule has 0 radical (unpaired) electrons. The van der Waals surface area contributed by atoms with E-state index in [2.05, 4.69) is 24.9 Å². The molecule has 0 unspecified atom stereocenters. The summed E-state index contributed by atoms with van der Waals surface area (Å²) in [6.45, 7) is 3.88. The standard InChI is InChI=1S/C19H24F3N5O2S/c1-14-12-17(27-10-3-2-4-11-27)26-18(25-14)23-8-9-24-30(28,29)16-7-5-6-15(13-16)19(20,21)22/h5-7,12-13,24H,2-4,8-11H2,1H3,(H,23,25,26). The van der Waals surface area contributed by atoms with Gasteiger partial charge in [0.2, 0.25) is 16.0 Å². The molecule has 2 N–H and O–H groups in total. The summed E-state index contributed by atoms with van der Waals surface area (Å²) < 4.78 is 65.3. The summed E-state index contributed by atoms with van der Waals surface area (Å²) in [5.41, 5.74) is -0.223. The van der Waals surface area contributed by atoms with Crippen LogP contribution in [0, 0.1) is 6.92 Å². The number of benzene rings is 1. The molecule has 1 aromatic heterocycles. The van der Waals surface area contributed by atoms with Gasteiger partial charge in [-0.3, -0.25) is 0 Å². The Morgan fingerprint density at radius 2 is 1.80 bits per heavy atom. The van der Waals surface area contributed by atoms with Gasteiger partial charge < -0.3 is 10.2 Å². The van der Waals surface area contributed by atoms with Gasteiger partial charge in [0.05, 0.1) is 10.5 Å². The second kappa shape index (κ2) is 9.17. The molecule has 0 amide bonds. The number of piperidine rings is 1. The molecule has 164 valence electrons. The quantitative estimate of drug-likeness (QED) is 0.639. The molecule has 1 saturated heterocycles. The second-order valence-corrected chi connectivity index (χ2v) is 8.86. The van der Waals surface area contributed by atoms with Gasteiger partial charge in [-0.2, -0.15) is 18.2 Å². The molecular weight excluding hydrogens is 419 g/mol. The van der Waals surface area contributed by atoms with Crippen LogP contribution in [0.5, 0.6) is 0 Å². The van der Waals surface area contributed by atoms with E-state index in [1.54, 1.807) is 0 Å². The Morgan fingerprint density at radius 3 is 2.50 bits per heavy atom. The van der Waals surface area contributed by atoms with E-state index in [4.69, 9.17) is 0 Å². The lowest BCUT2D eigenvalue weighted by Crippen LogP contribution is -2.31. The van der Waals surface area contributed by atoms with Crippen LogP contribution in [0.15, 0.2) is 35.2 Å². The first kappa shape index (κ1) is 22.3. The van der Waals surface area contributed by atoms with Crippen LogP contribution >= 0.6 is 0 Å². The van der Waals surface area contributed by atoms with Crippen LogP contribution in [-0.4, -0.2) is 44.6 Å². The maximum atomic E-state index is 12.8. The van der Waals surface area contributed by atoms with E-state index in [9.17, 15) is 21.6 Å². The van der Waals surface area contributed by atoms with Crippen molar-refractivity contribution in [2.24, 2.45) is 0 Å². The second-order valence-electron chi connectivity index (χ2n) is 7.09. The molecule has 1 aliphatic heterocycles. The maximum absolute atomic E-state index is 12.8. The largest absolute Gasteiger partial charge is 0.416 e. The Morgan fingerprint density at radius 1 is 1.07 bits per heavy atom. The number of hydrogen-bond acceptors (Lipinski definition) is 6. The number of aromatic nitrogens is 2. The number of halogens is 3. The number of anilines is 2. The molecule has 1 aromatic carbocycles. The zero-order valence-corrected chi connectivity index (χ0v) is 17.4. The van der Waals surface area contributed by atoms with Crippen molar-refractivity contribution in [1.29, 1.82) is 0 Å². The predicted octanol–water partition coefficient (Wildman–Crippen LogP) is 3.18. The first-order valence-corrected chi connectivity index (χ1v) is 11.1. The molecule has 0 bridgehead atoms. The normalized spacial score (nSPS) is 15.3. The fourth-order valence-electron chi connectivity index (χ4n) is 3.20. The Labute approximate surface area is 173 Å². The van der Waals surface area contributed by atoms with Crippen molar-refractivity contribution >= 4 is 21.8 Å². The number of hydrogen-bond donors (Lipinski definition) is 2. The molecule has 0 atom stereocenters. The van der Waals surface area contributed by atoms with Crippen molar-refractivity contribution < 1.29 is 21.6 Å². The number of aryl methyl sites for hydroxylation is 1. The fourth-order valence-corrected chi connectivity index (χ4v) is 4.28. The van der Waals surface area contributed by atoms with Gasteiger partial charge in [0.25, 0.3) is 0 Å². The summed E-state index contributed by atoms with van der Waals surface area (Å²) >= 11 is 0. The van der Waals surface area contributed by atoms with Crippen molar-refractivity contribution in [2.75, 3.05) is 36.4 Å². The summed E-state index contributed by atoms with van der Waals surface area (Å²) in [7, 11) is -4.07. The van der Waals surface area contributed by atoms with Gasteiger partial charge in [-0.15, -0.1) is 0 Å². The van der Waals surface area contributed by atoms with Crippen LogP contribution in [0.3, 0.4) is 0 Å². The van der Waals surface area contributed by atoms with Crippen LogP contribution in [0.25, 0.3) is 0 Å². The molecule has 2 heterocycles. The lowest BCUT2D eigenvalue weighted by molar-refractivity contribution is -0.137. The minimum atomic E-state index is -4.61. The van der Waals surface area contributed by atoms with Gasteiger partial charge in [-0.05, 0) is 44.4 Å². The summed E-state index contributed by atoms with van der Waals surface area (Å²) in [6, 6.07) is 5.55. The highest BCUT2D eigenvalue weighted by atomic mass is 32.2. The third kappa shape index (κ3) is 5.82. The van der Waals surface area contributed by atoms with Crippen LogP contribution in [0.2, 0.25) is 0 Å². The molecule has 0 saturated carbocycles. The number of rotatable bonds is 7. The maximum Gasteiger partial charge on any atom is 0.416 e. The van der Waals surface area contributed by atoms with Crippen molar-refractivity contribution in [3.63, 3.8) is 0 Å². The Kier molecular flexibility index (Phi) is 6.81. The smallest absolute Gasteiger partial charge is 0.356 e. The first-order valence-electron chi connectivity index (χ1n) is 9.66. The van der Waals surface area contributed by atoms with E-state index in [1.807, 2.05) is 13.0 Å². The minimum absolute atomic E-state index is 0.0328. The van der Waals surface area contributed by atoms with Gasteiger partial charge in [-0.25, -0.2) is 18.1 Å². The van der Waals surface area contributed by atoms with Gasteiger partial charge in [0.15, 0.2) is 0 Å². The Hall–Kier alpha value is -2.40. The molecule has 0 spiro atoms. The van der Waals surface area contributed by atoms with Gasteiger partial charge >= 0.3 is 6.18 Å². The lowest BCUT2D eigenvalue weighted by Gasteiger charge is -2.28. The van der Waals surface area contributed by atoms with Crippen LogP contribution in [0.4, 0.5) is 24.9 Å². The highest BCUT2D eigenvalue weighted by Crippen LogP contribution is 2.30. The van der Waals surface area contributed by atoms with E-state index >= 15 is 0 Å².